The number of hydrogen-bond donors (Lipinski definition) is 2. The topological polar surface area (TPSA) is 57.5 Å². The minimum absolute atomic E-state index is 0.0705. The number of benzene rings is 2. The molecule has 0 atom stereocenters. The molecule has 0 amide bonds. The summed E-state index contributed by atoms with van der Waals surface area (Å²) >= 11 is 13.8. The molecule has 0 saturated heterocycles. The quantitative estimate of drug-likeness (QED) is 0.409. The van der Waals surface area contributed by atoms with Crippen LogP contribution in [-0.2, 0) is 4.79 Å². The number of carboxylic acid groups (broad SMARTS) is 1. The van der Waals surface area contributed by atoms with E-state index in [-0.39, 0.29) is 21.4 Å². The van der Waals surface area contributed by atoms with Crippen molar-refractivity contribution in [2.24, 2.45) is 0 Å². The SMILES string of the molecule is O=C(O)/C(=C\c1cc(Cl)c(O)c(Cl)c1)c1ccc(I)cc1. The Morgan fingerprint density at radius 3 is 2.10 bits per heavy atom. The normalized spacial score (nSPS) is 11.5. The van der Waals surface area contributed by atoms with Crippen LogP contribution < -0.4 is 0 Å². The van der Waals surface area contributed by atoms with Gasteiger partial charge in [0.05, 0.1) is 15.6 Å². The van der Waals surface area contributed by atoms with Crippen LogP contribution in [-0.4, -0.2) is 16.2 Å². The highest BCUT2D eigenvalue weighted by atomic mass is 127. The zero-order valence-corrected chi connectivity index (χ0v) is 14.1. The number of carbonyl (C=O) groups is 1. The predicted octanol–water partition coefficient (Wildman–Crippen LogP) is 4.93. The Hall–Kier alpha value is -1.24. The third-order valence-electron chi connectivity index (χ3n) is 2.74. The van der Waals surface area contributed by atoms with E-state index in [0.29, 0.717) is 11.1 Å². The number of aliphatic carboxylic acids is 1. The van der Waals surface area contributed by atoms with Crippen molar-refractivity contribution in [3.63, 3.8) is 0 Å². The molecule has 0 heterocycles. The van der Waals surface area contributed by atoms with E-state index in [2.05, 4.69) is 22.6 Å². The molecule has 2 aromatic rings. The van der Waals surface area contributed by atoms with E-state index < -0.39 is 5.97 Å². The van der Waals surface area contributed by atoms with Crippen molar-refractivity contribution in [3.8, 4) is 5.75 Å². The first-order valence-electron chi connectivity index (χ1n) is 5.77. The first-order chi connectivity index (χ1) is 9.88. The maximum absolute atomic E-state index is 11.4. The lowest BCUT2D eigenvalue weighted by molar-refractivity contribution is -0.130. The van der Waals surface area contributed by atoms with E-state index >= 15 is 0 Å². The number of rotatable bonds is 3. The summed E-state index contributed by atoms with van der Waals surface area (Å²) in [6.45, 7) is 0. The van der Waals surface area contributed by atoms with Crippen molar-refractivity contribution in [3.05, 3.63) is 61.1 Å². The third-order valence-corrected chi connectivity index (χ3v) is 4.03. The predicted molar refractivity (Wildman–Crippen MR) is 92.8 cm³/mol. The number of phenols is 1. The van der Waals surface area contributed by atoms with Crippen LogP contribution in [0.25, 0.3) is 11.6 Å². The second kappa shape index (κ2) is 6.68. The number of hydrogen-bond acceptors (Lipinski definition) is 2. The number of carboxylic acids is 1. The van der Waals surface area contributed by atoms with E-state index in [0.717, 1.165) is 3.57 Å². The molecule has 0 radical (unpaired) electrons. The monoisotopic (exact) mass is 434 g/mol. The minimum Gasteiger partial charge on any atom is -0.505 e. The molecule has 0 spiro atoms. The van der Waals surface area contributed by atoms with Crippen molar-refractivity contribution < 1.29 is 15.0 Å². The molecule has 0 unspecified atom stereocenters. The Bertz CT molecular complexity index is 701. The smallest absolute Gasteiger partial charge is 0.336 e. The lowest BCUT2D eigenvalue weighted by atomic mass is 10.0. The van der Waals surface area contributed by atoms with Gasteiger partial charge in [0, 0.05) is 3.57 Å². The Balaban J connectivity index is 2.52. The average Bonchev–Trinajstić information content (AvgIpc) is 2.43. The summed E-state index contributed by atoms with van der Waals surface area (Å²) in [7, 11) is 0. The van der Waals surface area contributed by atoms with Crippen molar-refractivity contribution >= 4 is 63.4 Å². The van der Waals surface area contributed by atoms with E-state index in [9.17, 15) is 15.0 Å². The highest BCUT2D eigenvalue weighted by Gasteiger charge is 2.12. The van der Waals surface area contributed by atoms with Crippen LogP contribution in [0.3, 0.4) is 0 Å². The molecule has 3 nitrogen and oxygen atoms in total. The molecule has 2 N–H and O–H groups in total. The van der Waals surface area contributed by atoms with Crippen molar-refractivity contribution in [1.82, 2.24) is 0 Å². The van der Waals surface area contributed by atoms with Crippen LogP contribution in [0, 0.1) is 3.57 Å². The summed E-state index contributed by atoms with van der Waals surface area (Å²) < 4.78 is 1.01. The van der Waals surface area contributed by atoms with Gasteiger partial charge in [0.15, 0.2) is 5.75 Å². The molecular weight excluding hydrogens is 426 g/mol. The van der Waals surface area contributed by atoms with Gasteiger partial charge in [-0.3, -0.25) is 0 Å². The fourth-order valence-electron chi connectivity index (χ4n) is 1.73. The zero-order chi connectivity index (χ0) is 15.6. The van der Waals surface area contributed by atoms with E-state index in [1.165, 1.54) is 18.2 Å². The second-order valence-corrected chi connectivity index (χ2v) is 6.26. The molecule has 0 aliphatic rings. The molecule has 6 heteroatoms. The molecule has 0 aromatic heterocycles. The lowest BCUT2D eigenvalue weighted by Crippen LogP contribution is -1.99. The molecule has 0 aliphatic carbocycles. The fraction of sp³-hybridized carbons (Fsp3) is 0. The molecule has 2 aromatic carbocycles. The van der Waals surface area contributed by atoms with E-state index in [1.807, 2.05) is 12.1 Å². The van der Waals surface area contributed by atoms with Crippen LogP contribution in [0.4, 0.5) is 0 Å². The van der Waals surface area contributed by atoms with Gasteiger partial charge in [0.2, 0.25) is 0 Å². The number of aromatic hydroxyl groups is 1. The highest BCUT2D eigenvalue weighted by Crippen LogP contribution is 2.34. The van der Waals surface area contributed by atoms with Crippen LogP contribution in [0.15, 0.2) is 36.4 Å². The number of halogens is 3. The summed E-state index contributed by atoms with van der Waals surface area (Å²) in [5.74, 6) is -1.28. The van der Waals surface area contributed by atoms with Gasteiger partial charge >= 0.3 is 5.97 Å². The van der Waals surface area contributed by atoms with Crippen molar-refractivity contribution in [2.75, 3.05) is 0 Å². The molecule has 0 fully saturated rings. The van der Waals surface area contributed by atoms with Crippen LogP contribution in [0.5, 0.6) is 5.75 Å². The van der Waals surface area contributed by atoms with Crippen molar-refractivity contribution in [2.45, 2.75) is 0 Å². The third kappa shape index (κ3) is 3.90. The van der Waals surface area contributed by atoms with Gasteiger partial charge in [0.25, 0.3) is 0 Å². The van der Waals surface area contributed by atoms with Gasteiger partial charge in [-0.05, 0) is 64.1 Å². The summed E-state index contributed by atoms with van der Waals surface area (Å²) in [6.07, 6.45) is 1.46. The maximum Gasteiger partial charge on any atom is 0.336 e. The Labute approximate surface area is 145 Å². The first kappa shape index (κ1) is 16.1. The molecule has 21 heavy (non-hydrogen) atoms. The molecular formula is C15H9Cl2IO3. The van der Waals surface area contributed by atoms with Gasteiger partial charge in [-0.15, -0.1) is 0 Å². The van der Waals surface area contributed by atoms with Gasteiger partial charge in [-0.1, -0.05) is 35.3 Å². The Kier molecular flexibility index (Phi) is 5.13. The molecule has 0 bridgehead atoms. The average molecular weight is 435 g/mol. The molecule has 2 rings (SSSR count). The van der Waals surface area contributed by atoms with Gasteiger partial charge in [-0.2, -0.15) is 0 Å². The van der Waals surface area contributed by atoms with Gasteiger partial charge in [-0.25, -0.2) is 4.79 Å². The molecule has 108 valence electrons. The standard InChI is InChI=1S/C15H9Cl2IO3/c16-12-6-8(7-13(17)14(12)19)5-11(15(20)21)9-1-3-10(18)4-2-9/h1-7,19H,(H,20,21)/b11-5-. The Morgan fingerprint density at radius 2 is 1.62 bits per heavy atom. The largest absolute Gasteiger partial charge is 0.505 e. The summed E-state index contributed by atoms with van der Waals surface area (Å²) in [5, 5.41) is 19.0. The summed E-state index contributed by atoms with van der Waals surface area (Å²) in [6, 6.07) is 10.0. The zero-order valence-electron chi connectivity index (χ0n) is 10.5. The van der Waals surface area contributed by atoms with Crippen LogP contribution in [0.2, 0.25) is 10.0 Å². The van der Waals surface area contributed by atoms with Crippen molar-refractivity contribution in [1.29, 1.82) is 0 Å². The number of phenolic OH excluding ortho intramolecular Hbond substituents is 1. The maximum atomic E-state index is 11.4. The summed E-state index contributed by atoms with van der Waals surface area (Å²) in [4.78, 5) is 11.4. The van der Waals surface area contributed by atoms with Crippen LogP contribution >= 0.6 is 45.8 Å². The van der Waals surface area contributed by atoms with Gasteiger partial charge in [0.1, 0.15) is 0 Å². The van der Waals surface area contributed by atoms with Gasteiger partial charge < -0.3 is 10.2 Å². The minimum atomic E-state index is -1.06. The highest BCUT2D eigenvalue weighted by molar-refractivity contribution is 14.1. The fourth-order valence-corrected chi connectivity index (χ4v) is 2.60. The molecule has 0 saturated carbocycles. The summed E-state index contributed by atoms with van der Waals surface area (Å²) in [5.41, 5.74) is 1.19. The molecule has 0 aliphatic heterocycles. The van der Waals surface area contributed by atoms with E-state index in [1.54, 1.807) is 12.1 Å². The van der Waals surface area contributed by atoms with Crippen LogP contribution in [0.1, 0.15) is 11.1 Å². The van der Waals surface area contributed by atoms with E-state index in [4.69, 9.17) is 23.2 Å². The second-order valence-electron chi connectivity index (χ2n) is 4.20. The lowest BCUT2D eigenvalue weighted by Gasteiger charge is -2.06. The first-order valence-corrected chi connectivity index (χ1v) is 7.61. The Morgan fingerprint density at radius 1 is 1.10 bits per heavy atom.